The summed E-state index contributed by atoms with van der Waals surface area (Å²) in [6.07, 6.45) is 5.44. The number of fused-ring (bicyclic) bond motifs is 1. The Morgan fingerprint density at radius 2 is 2.17 bits per heavy atom. The molecule has 128 valence electrons. The van der Waals surface area contributed by atoms with Gasteiger partial charge in [0.05, 0.1) is 18.3 Å². The first-order valence-corrected chi connectivity index (χ1v) is 9.18. The zero-order chi connectivity index (χ0) is 17.1. The second kappa shape index (κ2) is 7.40. The van der Waals surface area contributed by atoms with Gasteiger partial charge in [-0.1, -0.05) is 25.3 Å². The highest BCUT2D eigenvalue weighted by molar-refractivity contribution is 8.02. The molecule has 0 N–H and O–H groups in total. The number of hydrogen-bond acceptors (Lipinski definition) is 5. The van der Waals surface area contributed by atoms with Gasteiger partial charge in [-0.15, -0.1) is 11.8 Å². The van der Waals surface area contributed by atoms with Crippen molar-refractivity contribution in [3.05, 3.63) is 47.2 Å². The van der Waals surface area contributed by atoms with Crippen LogP contribution in [0.4, 0.5) is 0 Å². The molecule has 1 fully saturated rings. The highest BCUT2D eigenvalue weighted by atomic mass is 32.2. The predicted octanol–water partition coefficient (Wildman–Crippen LogP) is 3.74. The van der Waals surface area contributed by atoms with E-state index in [1.165, 1.54) is 0 Å². The first-order chi connectivity index (χ1) is 11.7. The molecular weight excluding hydrogens is 324 g/mol. The number of hydrogen-bond donors (Lipinski definition) is 0. The summed E-state index contributed by atoms with van der Waals surface area (Å²) in [5, 5.41) is 4.66. The standard InChI is InChI=1S/C18H22N2O3S/c1-4-13-15(5-2)24-11-14-16(18(21)23-6-3)19-20(17(13)14)12-7-9-22-10-8-12/h4-5,12H,1-2,6-11H2,3H3. The molecule has 1 aromatic heterocycles. The molecule has 1 saturated heterocycles. The molecule has 0 spiro atoms. The van der Waals surface area contributed by atoms with Crippen LogP contribution in [0.15, 0.2) is 30.2 Å². The molecule has 0 radical (unpaired) electrons. The topological polar surface area (TPSA) is 53.3 Å². The number of rotatable bonds is 5. The highest BCUT2D eigenvalue weighted by Gasteiger charge is 2.32. The van der Waals surface area contributed by atoms with E-state index in [1.807, 2.05) is 16.8 Å². The van der Waals surface area contributed by atoms with Crippen molar-refractivity contribution in [3.63, 3.8) is 0 Å². The number of esters is 1. The number of thioether (sulfide) groups is 1. The van der Waals surface area contributed by atoms with Crippen molar-refractivity contribution in [1.29, 1.82) is 0 Å². The van der Waals surface area contributed by atoms with Gasteiger partial charge in [0.2, 0.25) is 0 Å². The Balaban J connectivity index is 2.15. The van der Waals surface area contributed by atoms with Crippen LogP contribution >= 0.6 is 11.8 Å². The maximum atomic E-state index is 12.4. The molecule has 6 heteroatoms. The van der Waals surface area contributed by atoms with Crippen LogP contribution in [0.2, 0.25) is 0 Å². The number of ether oxygens (including phenoxy) is 2. The average molecular weight is 346 g/mol. The summed E-state index contributed by atoms with van der Waals surface area (Å²) < 4.78 is 12.7. The third-order valence-electron chi connectivity index (χ3n) is 4.30. The number of allylic oxidation sites excluding steroid dienone is 3. The predicted molar refractivity (Wildman–Crippen MR) is 95.9 cm³/mol. The van der Waals surface area contributed by atoms with Gasteiger partial charge in [-0.3, -0.25) is 4.68 Å². The van der Waals surface area contributed by atoms with E-state index >= 15 is 0 Å². The summed E-state index contributed by atoms with van der Waals surface area (Å²) in [6.45, 7) is 11.4. The number of nitrogens with zero attached hydrogens (tertiary/aromatic N) is 2. The molecule has 24 heavy (non-hydrogen) atoms. The lowest BCUT2D eigenvalue weighted by Gasteiger charge is -2.26. The molecular formula is C18H22N2O3S. The van der Waals surface area contributed by atoms with Crippen molar-refractivity contribution in [2.24, 2.45) is 0 Å². The molecule has 0 aromatic carbocycles. The SMILES string of the molecule is C=CC1=C(C=C)c2c(c(C(=O)OCC)nn2C2CCOCC2)CS1. The first kappa shape index (κ1) is 17.0. The highest BCUT2D eigenvalue weighted by Crippen LogP contribution is 2.42. The van der Waals surface area contributed by atoms with Gasteiger partial charge in [-0.05, 0) is 19.8 Å². The number of carbonyl (C=O) groups is 1. The second-order valence-corrected chi connectivity index (χ2v) is 6.68. The van der Waals surface area contributed by atoms with Gasteiger partial charge in [0.25, 0.3) is 0 Å². The minimum absolute atomic E-state index is 0.222. The quantitative estimate of drug-likeness (QED) is 0.760. The monoisotopic (exact) mass is 346 g/mol. The fourth-order valence-corrected chi connectivity index (χ4v) is 4.19. The van der Waals surface area contributed by atoms with Gasteiger partial charge >= 0.3 is 5.97 Å². The van der Waals surface area contributed by atoms with Crippen molar-refractivity contribution in [1.82, 2.24) is 9.78 Å². The van der Waals surface area contributed by atoms with Crippen molar-refractivity contribution < 1.29 is 14.3 Å². The Kier molecular flexibility index (Phi) is 5.26. The molecule has 2 aliphatic heterocycles. The Bertz CT molecular complexity index is 699. The summed E-state index contributed by atoms with van der Waals surface area (Å²) in [7, 11) is 0. The molecule has 0 atom stereocenters. The van der Waals surface area contributed by atoms with Crippen molar-refractivity contribution in [3.8, 4) is 0 Å². The fraction of sp³-hybridized carbons (Fsp3) is 0.444. The van der Waals surface area contributed by atoms with E-state index in [1.54, 1.807) is 18.7 Å². The molecule has 0 amide bonds. The summed E-state index contributed by atoms with van der Waals surface area (Å²) in [5.74, 6) is 0.330. The molecule has 3 rings (SSSR count). The minimum atomic E-state index is -0.356. The summed E-state index contributed by atoms with van der Waals surface area (Å²) in [6, 6.07) is 0.222. The van der Waals surface area contributed by atoms with E-state index in [0.29, 0.717) is 31.3 Å². The van der Waals surface area contributed by atoms with Gasteiger partial charge < -0.3 is 9.47 Å². The average Bonchev–Trinajstić information content (AvgIpc) is 3.01. The van der Waals surface area contributed by atoms with Gasteiger partial charge in [0, 0.05) is 35.0 Å². The Hall–Kier alpha value is -1.79. The molecule has 2 aliphatic rings. The summed E-state index contributed by atoms with van der Waals surface area (Å²) in [5.41, 5.74) is 3.33. The first-order valence-electron chi connectivity index (χ1n) is 8.19. The lowest BCUT2D eigenvalue weighted by molar-refractivity contribution is 0.0512. The second-order valence-electron chi connectivity index (χ2n) is 5.66. The lowest BCUT2D eigenvalue weighted by Crippen LogP contribution is -2.22. The van der Waals surface area contributed by atoms with Crippen molar-refractivity contribution in [2.75, 3.05) is 19.8 Å². The fourth-order valence-electron chi connectivity index (χ4n) is 3.16. The van der Waals surface area contributed by atoms with Crippen LogP contribution in [0.3, 0.4) is 0 Å². The van der Waals surface area contributed by atoms with Gasteiger partial charge in [-0.25, -0.2) is 4.79 Å². The lowest BCUT2D eigenvalue weighted by atomic mass is 10.0. The van der Waals surface area contributed by atoms with Crippen LogP contribution in [0.1, 0.15) is 47.6 Å². The van der Waals surface area contributed by atoms with Crippen molar-refractivity contribution >= 4 is 23.3 Å². The van der Waals surface area contributed by atoms with E-state index in [0.717, 1.165) is 34.6 Å². The molecule has 0 aliphatic carbocycles. The third kappa shape index (κ3) is 2.96. The Morgan fingerprint density at radius 3 is 2.79 bits per heavy atom. The summed E-state index contributed by atoms with van der Waals surface area (Å²) in [4.78, 5) is 13.4. The molecule has 0 saturated carbocycles. The number of aromatic nitrogens is 2. The Morgan fingerprint density at radius 1 is 1.42 bits per heavy atom. The van der Waals surface area contributed by atoms with Gasteiger partial charge in [0.15, 0.2) is 5.69 Å². The maximum Gasteiger partial charge on any atom is 0.359 e. The van der Waals surface area contributed by atoms with Crippen LogP contribution in [-0.2, 0) is 15.2 Å². The molecule has 0 bridgehead atoms. The normalized spacial score (nSPS) is 18.2. The van der Waals surface area contributed by atoms with Crippen LogP contribution in [-0.4, -0.2) is 35.6 Å². The van der Waals surface area contributed by atoms with Crippen molar-refractivity contribution in [2.45, 2.75) is 31.6 Å². The molecule has 5 nitrogen and oxygen atoms in total. The van der Waals surface area contributed by atoms with Crippen LogP contribution in [0.25, 0.3) is 5.57 Å². The molecule has 0 unspecified atom stereocenters. The zero-order valence-corrected chi connectivity index (χ0v) is 14.7. The van der Waals surface area contributed by atoms with E-state index in [4.69, 9.17) is 9.47 Å². The van der Waals surface area contributed by atoms with E-state index in [-0.39, 0.29) is 12.0 Å². The zero-order valence-electron chi connectivity index (χ0n) is 13.9. The van der Waals surface area contributed by atoms with Crippen LogP contribution in [0, 0.1) is 0 Å². The van der Waals surface area contributed by atoms with Gasteiger partial charge in [-0.2, -0.15) is 5.10 Å². The van der Waals surface area contributed by atoms with Crippen LogP contribution in [0.5, 0.6) is 0 Å². The largest absolute Gasteiger partial charge is 0.461 e. The van der Waals surface area contributed by atoms with E-state index in [2.05, 4.69) is 18.3 Å². The maximum absolute atomic E-state index is 12.4. The van der Waals surface area contributed by atoms with E-state index in [9.17, 15) is 4.79 Å². The summed E-state index contributed by atoms with van der Waals surface area (Å²) >= 11 is 1.65. The molecule has 3 heterocycles. The van der Waals surface area contributed by atoms with Gasteiger partial charge in [0.1, 0.15) is 0 Å². The smallest absolute Gasteiger partial charge is 0.359 e. The van der Waals surface area contributed by atoms with E-state index < -0.39 is 0 Å². The molecule has 1 aromatic rings. The van der Waals surface area contributed by atoms with Crippen LogP contribution < -0.4 is 0 Å². The number of carbonyl (C=O) groups excluding carboxylic acids is 1. The Labute approximate surface area is 146 Å². The minimum Gasteiger partial charge on any atom is -0.461 e. The third-order valence-corrected chi connectivity index (χ3v) is 5.43.